The maximum absolute atomic E-state index is 4.67. The summed E-state index contributed by atoms with van der Waals surface area (Å²) >= 11 is 0. The third kappa shape index (κ3) is 3.59. The Kier molecular flexibility index (Phi) is 4.85. The van der Waals surface area contributed by atoms with Crippen LogP contribution in [0.1, 0.15) is 22.4 Å². The van der Waals surface area contributed by atoms with Crippen LogP contribution in [-0.2, 0) is 6.42 Å². The van der Waals surface area contributed by atoms with Crippen LogP contribution >= 0.6 is 0 Å². The zero-order valence-electron chi connectivity index (χ0n) is 14.4. The van der Waals surface area contributed by atoms with Crippen LogP contribution in [0.5, 0.6) is 0 Å². The molecule has 0 saturated carbocycles. The Bertz CT molecular complexity index is 828. The second-order valence-electron chi connectivity index (χ2n) is 5.92. The highest BCUT2D eigenvalue weighted by Gasteiger charge is 2.10. The molecule has 122 valence electrons. The van der Waals surface area contributed by atoms with Gasteiger partial charge in [0.2, 0.25) is 0 Å². The van der Waals surface area contributed by atoms with E-state index in [9.17, 15) is 0 Å². The molecule has 4 heteroatoms. The smallest absolute Gasteiger partial charge is 0.180 e. The van der Waals surface area contributed by atoms with E-state index in [0.717, 1.165) is 35.7 Å². The van der Waals surface area contributed by atoms with Crippen LogP contribution in [0.2, 0.25) is 0 Å². The first-order chi connectivity index (χ1) is 11.6. The summed E-state index contributed by atoms with van der Waals surface area (Å²) in [7, 11) is 0. The number of pyridine rings is 1. The number of nitrogens with one attached hydrogen (secondary N) is 1. The molecule has 0 aliphatic carbocycles. The van der Waals surface area contributed by atoms with E-state index in [1.165, 1.54) is 11.1 Å². The third-order valence-corrected chi connectivity index (χ3v) is 4.23. The highest BCUT2D eigenvalue weighted by molar-refractivity contribution is 5.56. The molecular formula is C20H22N4. The number of hydrogen-bond acceptors (Lipinski definition) is 4. The number of aryl methyl sites for hydroxylation is 2. The van der Waals surface area contributed by atoms with E-state index in [1.54, 1.807) is 6.20 Å². The monoisotopic (exact) mass is 318 g/mol. The van der Waals surface area contributed by atoms with Crippen LogP contribution in [0, 0.1) is 20.8 Å². The van der Waals surface area contributed by atoms with Crippen molar-refractivity contribution in [2.24, 2.45) is 0 Å². The molecule has 2 aromatic heterocycles. The highest BCUT2D eigenvalue weighted by Crippen LogP contribution is 2.20. The Morgan fingerprint density at radius 2 is 1.71 bits per heavy atom. The van der Waals surface area contributed by atoms with Gasteiger partial charge in [0.05, 0.1) is 0 Å². The number of anilines is 1. The van der Waals surface area contributed by atoms with Gasteiger partial charge in [-0.1, -0.05) is 30.3 Å². The van der Waals surface area contributed by atoms with E-state index in [0.29, 0.717) is 5.82 Å². The predicted octanol–water partition coefficient (Wildman–Crippen LogP) is 4.12. The minimum Gasteiger partial charge on any atom is -0.369 e. The van der Waals surface area contributed by atoms with Gasteiger partial charge in [-0.25, -0.2) is 9.97 Å². The number of nitrogens with zero attached hydrogens (tertiary/aromatic N) is 3. The zero-order chi connectivity index (χ0) is 16.9. The SMILES string of the molecule is Cc1ccccc1CCNc1nc(-c2ccccn2)nc(C)c1C. The van der Waals surface area contributed by atoms with Gasteiger partial charge >= 0.3 is 0 Å². The summed E-state index contributed by atoms with van der Waals surface area (Å²) in [5.74, 6) is 1.55. The molecule has 0 aliphatic rings. The summed E-state index contributed by atoms with van der Waals surface area (Å²) < 4.78 is 0. The lowest BCUT2D eigenvalue weighted by molar-refractivity contribution is 0.972. The summed E-state index contributed by atoms with van der Waals surface area (Å²) in [6.07, 6.45) is 2.73. The van der Waals surface area contributed by atoms with Crippen molar-refractivity contribution in [1.29, 1.82) is 0 Å². The van der Waals surface area contributed by atoms with Gasteiger partial charge in [0.15, 0.2) is 5.82 Å². The summed E-state index contributed by atoms with van der Waals surface area (Å²) in [6.45, 7) is 7.04. The lowest BCUT2D eigenvalue weighted by atomic mass is 10.1. The molecule has 0 saturated heterocycles. The van der Waals surface area contributed by atoms with Crippen molar-refractivity contribution in [3.05, 3.63) is 71.0 Å². The fraction of sp³-hybridized carbons (Fsp3) is 0.250. The fourth-order valence-corrected chi connectivity index (χ4v) is 2.62. The van der Waals surface area contributed by atoms with Crippen molar-refractivity contribution >= 4 is 5.82 Å². The molecule has 24 heavy (non-hydrogen) atoms. The summed E-state index contributed by atoms with van der Waals surface area (Å²) in [5.41, 5.74) is 5.54. The second kappa shape index (κ2) is 7.21. The van der Waals surface area contributed by atoms with Crippen molar-refractivity contribution < 1.29 is 0 Å². The van der Waals surface area contributed by atoms with Gasteiger partial charge in [-0.3, -0.25) is 4.98 Å². The molecule has 0 unspecified atom stereocenters. The molecule has 3 aromatic rings. The van der Waals surface area contributed by atoms with Gasteiger partial charge in [0, 0.05) is 24.0 Å². The first kappa shape index (κ1) is 16.1. The molecule has 3 rings (SSSR count). The molecule has 1 N–H and O–H groups in total. The fourth-order valence-electron chi connectivity index (χ4n) is 2.62. The maximum atomic E-state index is 4.67. The topological polar surface area (TPSA) is 50.7 Å². The summed E-state index contributed by atoms with van der Waals surface area (Å²) in [6, 6.07) is 14.3. The Balaban J connectivity index is 1.78. The van der Waals surface area contributed by atoms with E-state index < -0.39 is 0 Å². The van der Waals surface area contributed by atoms with Gasteiger partial charge in [0.1, 0.15) is 11.5 Å². The summed E-state index contributed by atoms with van der Waals surface area (Å²) in [5, 5.41) is 3.46. The van der Waals surface area contributed by atoms with Crippen LogP contribution in [0.15, 0.2) is 48.7 Å². The van der Waals surface area contributed by atoms with E-state index >= 15 is 0 Å². The van der Waals surface area contributed by atoms with Crippen LogP contribution in [0.3, 0.4) is 0 Å². The van der Waals surface area contributed by atoms with Crippen LogP contribution < -0.4 is 5.32 Å². The molecule has 0 spiro atoms. The lowest BCUT2D eigenvalue weighted by Crippen LogP contribution is -2.11. The van der Waals surface area contributed by atoms with Gasteiger partial charge in [0.25, 0.3) is 0 Å². The average molecular weight is 318 g/mol. The first-order valence-corrected chi connectivity index (χ1v) is 8.20. The molecule has 1 aromatic carbocycles. The van der Waals surface area contributed by atoms with Crippen molar-refractivity contribution in [2.75, 3.05) is 11.9 Å². The molecular weight excluding hydrogens is 296 g/mol. The van der Waals surface area contributed by atoms with Gasteiger partial charge in [-0.05, 0) is 50.5 Å². The minimum atomic E-state index is 0.664. The van der Waals surface area contributed by atoms with E-state index in [-0.39, 0.29) is 0 Å². The number of aromatic nitrogens is 3. The van der Waals surface area contributed by atoms with E-state index in [1.807, 2.05) is 32.0 Å². The van der Waals surface area contributed by atoms with Crippen LogP contribution in [-0.4, -0.2) is 21.5 Å². The Hall–Kier alpha value is -2.75. The zero-order valence-corrected chi connectivity index (χ0v) is 14.4. The van der Waals surface area contributed by atoms with E-state index in [4.69, 9.17) is 0 Å². The van der Waals surface area contributed by atoms with Crippen molar-refractivity contribution in [3.8, 4) is 11.5 Å². The van der Waals surface area contributed by atoms with Crippen molar-refractivity contribution in [2.45, 2.75) is 27.2 Å². The third-order valence-electron chi connectivity index (χ3n) is 4.23. The molecule has 0 amide bonds. The molecule has 2 heterocycles. The number of hydrogen-bond donors (Lipinski definition) is 1. The quantitative estimate of drug-likeness (QED) is 0.769. The van der Waals surface area contributed by atoms with Crippen molar-refractivity contribution in [3.63, 3.8) is 0 Å². The normalized spacial score (nSPS) is 10.6. The number of benzene rings is 1. The van der Waals surface area contributed by atoms with Gasteiger partial charge < -0.3 is 5.32 Å². The minimum absolute atomic E-state index is 0.664. The molecule has 0 radical (unpaired) electrons. The number of rotatable bonds is 5. The van der Waals surface area contributed by atoms with Gasteiger partial charge in [-0.2, -0.15) is 0 Å². The largest absolute Gasteiger partial charge is 0.369 e. The Morgan fingerprint density at radius 3 is 2.46 bits per heavy atom. The van der Waals surface area contributed by atoms with E-state index in [2.05, 4.69) is 51.5 Å². The molecule has 0 atom stereocenters. The Labute approximate surface area is 143 Å². The predicted molar refractivity (Wildman–Crippen MR) is 98.1 cm³/mol. The first-order valence-electron chi connectivity index (χ1n) is 8.20. The molecule has 0 aliphatic heterocycles. The Morgan fingerprint density at radius 1 is 0.917 bits per heavy atom. The summed E-state index contributed by atoms with van der Waals surface area (Å²) in [4.78, 5) is 13.6. The molecule has 4 nitrogen and oxygen atoms in total. The lowest BCUT2D eigenvalue weighted by Gasteiger charge is -2.13. The highest BCUT2D eigenvalue weighted by atomic mass is 15.0. The molecule has 0 bridgehead atoms. The standard InChI is InChI=1S/C20H22N4/c1-14-8-4-5-9-17(14)11-13-22-19-15(2)16(3)23-20(24-19)18-10-6-7-12-21-18/h4-10,12H,11,13H2,1-3H3,(H,22,23,24). The van der Waals surface area contributed by atoms with Crippen molar-refractivity contribution in [1.82, 2.24) is 15.0 Å². The molecule has 0 fully saturated rings. The second-order valence-corrected chi connectivity index (χ2v) is 5.92. The maximum Gasteiger partial charge on any atom is 0.180 e. The van der Waals surface area contributed by atoms with Crippen LogP contribution in [0.25, 0.3) is 11.5 Å². The van der Waals surface area contributed by atoms with Crippen LogP contribution in [0.4, 0.5) is 5.82 Å². The van der Waals surface area contributed by atoms with Gasteiger partial charge in [-0.15, -0.1) is 0 Å². The average Bonchev–Trinajstić information content (AvgIpc) is 2.61.